The molecule has 2 rings (SSSR count). The molecule has 0 spiro atoms. The summed E-state index contributed by atoms with van der Waals surface area (Å²) in [6.07, 6.45) is -3.13. The van der Waals surface area contributed by atoms with E-state index >= 15 is 0 Å². The van der Waals surface area contributed by atoms with Crippen molar-refractivity contribution in [2.75, 3.05) is 13.1 Å². The van der Waals surface area contributed by atoms with Crippen LogP contribution in [0.3, 0.4) is 0 Å². The molecule has 1 aromatic rings. The summed E-state index contributed by atoms with van der Waals surface area (Å²) in [7, 11) is 0. The van der Waals surface area contributed by atoms with Gasteiger partial charge in [0, 0.05) is 20.0 Å². The maximum absolute atomic E-state index is 12.9. The summed E-state index contributed by atoms with van der Waals surface area (Å²) >= 11 is 0. The molecule has 1 aliphatic heterocycles. The van der Waals surface area contributed by atoms with Gasteiger partial charge in [0.25, 0.3) is 0 Å². The third-order valence-electron chi connectivity index (χ3n) is 3.65. The molecule has 0 N–H and O–H groups in total. The molecule has 1 heterocycles. The molecule has 0 aliphatic carbocycles. The molecule has 1 aromatic carbocycles. The monoisotopic (exact) mass is 271 g/mol. The number of alkyl halides is 3. The van der Waals surface area contributed by atoms with Gasteiger partial charge in [-0.3, -0.25) is 4.79 Å². The predicted octanol–water partition coefficient (Wildman–Crippen LogP) is 3.43. The molecule has 0 unspecified atom stereocenters. The first kappa shape index (κ1) is 13.9. The van der Waals surface area contributed by atoms with Crippen LogP contribution in [0.1, 0.15) is 36.8 Å². The topological polar surface area (TPSA) is 20.3 Å². The zero-order valence-electron chi connectivity index (χ0n) is 10.7. The number of likely N-dealkylation sites (tertiary alicyclic amines) is 1. The van der Waals surface area contributed by atoms with E-state index in [0.717, 1.165) is 6.07 Å². The minimum Gasteiger partial charge on any atom is -0.343 e. The highest BCUT2D eigenvalue weighted by Gasteiger charge is 2.35. The van der Waals surface area contributed by atoms with Crippen LogP contribution in [0.25, 0.3) is 0 Å². The molecule has 19 heavy (non-hydrogen) atoms. The Hall–Kier alpha value is -1.52. The second-order valence-corrected chi connectivity index (χ2v) is 4.87. The van der Waals surface area contributed by atoms with Gasteiger partial charge in [-0.15, -0.1) is 0 Å². The molecule has 1 saturated heterocycles. The SMILES string of the molecule is CC(=O)N1CCC(c2ccccc2C(F)(F)F)CC1. The van der Waals surface area contributed by atoms with Crippen LogP contribution in [-0.4, -0.2) is 23.9 Å². The molecule has 1 aliphatic rings. The van der Waals surface area contributed by atoms with Crippen LogP contribution in [0.2, 0.25) is 0 Å². The number of hydrogen-bond acceptors (Lipinski definition) is 1. The van der Waals surface area contributed by atoms with Gasteiger partial charge in [-0.25, -0.2) is 0 Å². The zero-order valence-corrected chi connectivity index (χ0v) is 10.7. The van der Waals surface area contributed by atoms with Gasteiger partial charge < -0.3 is 4.90 Å². The van der Waals surface area contributed by atoms with Gasteiger partial charge in [0.2, 0.25) is 5.91 Å². The maximum Gasteiger partial charge on any atom is 0.416 e. The Morgan fingerprint density at radius 2 is 1.79 bits per heavy atom. The van der Waals surface area contributed by atoms with E-state index in [-0.39, 0.29) is 11.8 Å². The Labute approximate surface area is 110 Å². The lowest BCUT2D eigenvalue weighted by Crippen LogP contribution is -2.36. The van der Waals surface area contributed by atoms with E-state index in [1.165, 1.54) is 13.0 Å². The third kappa shape index (κ3) is 3.08. The predicted molar refractivity (Wildman–Crippen MR) is 65.7 cm³/mol. The Balaban J connectivity index is 2.18. The average Bonchev–Trinajstić information content (AvgIpc) is 2.38. The standard InChI is InChI=1S/C14H16F3NO/c1-10(19)18-8-6-11(7-9-18)12-4-2-3-5-13(12)14(15,16)17/h2-5,11H,6-9H2,1H3. The van der Waals surface area contributed by atoms with Gasteiger partial charge in [-0.1, -0.05) is 18.2 Å². The minimum absolute atomic E-state index is 0.0115. The van der Waals surface area contributed by atoms with Crippen molar-refractivity contribution < 1.29 is 18.0 Å². The number of hydrogen-bond donors (Lipinski definition) is 0. The van der Waals surface area contributed by atoms with Crippen molar-refractivity contribution >= 4 is 5.91 Å². The van der Waals surface area contributed by atoms with E-state index in [1.54, 1.807) is 17.0 Å². The zero-order chi connectivity index (χ0) is 14.0. The van der Waals surface area contributed by atoms with E-state index in [4.69, 9.17) is 0 Å². The summed E-state index contributed by atoms with van der Waals surface area (Å²) in [4.78, 5) is 12.9. The molecular weight excluding hydrogens is 255 g/mol. The first-order valence-electron chi connectivity index (χ1n) is 6.31. The minimum atomic E-state index is -4.31. The number of nitrogens with zero attached hydrogens (tertiary/aromatic N) is 1. The second kappa shape index (κ2) is 5.23. The summed E-state index contributed by atoms with van der Waals surface area (Å²) in [5, 5.41) is 0. The van der Waals surface area contributed by atoms with Crippen molar-refractivity contribution in [3.05, 3.63) is 35.4 Å². The molecule has 1 fully saturated rings. The highest BCUT2D eigenvalue weighted by atomic mass is 19.4. The normalized spacial score (nSPS) is 17.6. The second-order valence-electron chi connectivity index (χ2n) is 4.87. The molecule has 0 radical (unpaired) electrons. The molecule has 0 bridgehead atoms. The molecule has 2 nitrogen and oxygen atoms in total. The smallest absolute Gasteiger partial charge is 0.343 e. The van der Waals surface area contributed by atoms with Crippen LogP contribution < -0.4 is 0 Å². The van der Waals surface area contributed by atoms with E-state index in [9.17, 15) is 18.0 Å². The van der Waals surface area contributed by atoms with Gasteiger partial charge in [-0.2, -0.15) is 13.2 Å². The van der Waals surface area contributed by atoms with Crippen molar-refractivity contribution in [2.45, 2.75) is 31.9 Å². The number of benzene rings is 1. The highest BCUT2D eigenvalue weighted by molar-refractivity contribution is 5.73. The molecular formula is C14H16F3NO. The Kier molecular flexibility index (Phi) is 3.83. The molecule has 5 heteroatoms. The quantitative estimate of drug-likeness (QED) is 0.766. The van der Waals surface area contributed by atoms with Gasteiger partial charge in [0.05, 0.1) is 5.56 Å². The third-order valence-corrected chi connectivity index (χ3v) is 3.65. The molecule has 0 aromatic heterocycles. The van der Waals surface area contributed by atoms with Crippen molar-refractivity contribution in [3.8, 4) is 0 Å². The van der Waals surface area contributed by atoms with Crippen LogP contribution >= 0.6 is 0 Å². The number of halogens is 3. The average molecular weight is 271 g/mol. The van der Waals surface area contributed by atoms with Crippen molar-refractivity contribution in [2.24, 2.45) is 0 Å². The fourth-order valence-corrected chi connectivity index (χ4v) is 2.62. The van der Waals surface area contributed by atoms with E-state index < -0.39 is 11.7 Å². The largest absolute Gasteiger partial charge is 0.416 e. The van der Waals surface area contributed by atoms with Gasteiger partial charge >= 0.3 is 6.18 Å². The number of piperidine rings is 1. The Morgan fingerprint density at radius 1 is 1.21 bits per heavy atom. The number of amides is 1. The fraction of sp³-hybridized carbons (Fsp3) is 0.500. The molecule has 1 amide bonds. The van der Waals surface area contributed by atoms with Crippen molar-refractivity contribution in [1.29, 1.82) is 0 Å². The summed E-state index contributed by atoms with van der Waals surface area (Å²) in [6, 6.07) is 5.74. The van der Waals surface area contributed by atoms with Crippen LogP contribution in [0, 0.1) is 0 Å². The summed E-state index contributed by atoms with van der Waals surface area (Å²) in [5.74, 6) is -0.129. The van der Waals surface area contributed by atoms with Crippen molar-refractivity contribution in [1.82, 2.24) is 4.90 Å². The molecule has 0 atom stereocenters. The van der Waals surface area contributed by atoms with E-state index in [1.807, 2.05) is 0 Å². The van der Waals surface area contributed by atoms with Crippen LogP contribution in [0.4, 0.5) is 13.2 Å². The molecule has 104 valence electrons. The van der Waals surface area contributed by atoms with E-state index in [0.29, 0.717) is 31.5 Å². The first-order valence-corrected chi connectivity index (χ1v) is 6.31. The number of carbonyl (C=O) groups is 1. The lowest BCUT2D eigenvalue weighted by atomic mass is 9.86. The lowest BCUT2D eigenvalue weighted by molar-refractivity contribution is -0.139. The molecule has 0 saturated carbocycles. The lowest BCUT2D eigenvalue weighted by Gasteiger charge is -2.32. The van der Waals surface area contributed by atoms with Crippen LogP contribution in [-0.2, 0) is 11.0 Å². The van der Waals surface area contributed by atoms with Gasteiger partial charge in [0.1, 0.15) is 0 Å². The summed E-state index contributed by atoms with van der Waals surface area (Å²) in [6.45, 7) is 2.56. The Morgan fingerprint density at radius 3 is 2.32 bits per heavy atom. The van der Waals surface area contributed by atoms with Crippen LogP contribution in [0.15, 0.2) is 24.3 Å². The summed E-state index contributed by atoms with van der Waals surface area (Å²) in [5.41, 5.74) is -0.186. The van der Waals surface area contributed by atoms with Crippen molar-refractivity contribution in [3.63, 3.8) is 0 Å². The van der Waals surface area contributed by atoms with Gasteiger partial charge in [-0.05, 0) is 30.4 Å². The summed E-state index contributed by atoms with van der Waals surface area (Å²) < 4.78 is 38.8. The number of rotatable bonds is 1. The highest BCUT2D eigenvalue weighted by Crippen LogP contribution is 2.38. The van der Waals surface area contributed by atoms with E-state index in [2.05, 4.69) is 0 Å². The van der Waals surface area contributed by atoms with Gasteiger partial charge in [0.15, 0.2) is 0 Å². The maximum atomic E-state index is 12.9. The van der Waals surface area contributed by atoms with Crippen LogP contribution in [0.5, 0.6) is 0 Å². The fourth-order valence-electron chi connectivity index (χ4n) is 2.62. The number of carbonyl (C=O) groups excluding carboxylic acids is 1. The first-order chi connectivity index (χ1) is 8.89. The Bertz CT molecular complexity index is 462.